The number of benzene rings is 2. The maximum atomic E-state index is 13.0. The van der Waals surface area contributed by atoms with E-state index >= 15 is 0 Å². The molecule has 0 aliphatic rings. The number of nitrogens with zero attached hydrogens (tertiary/aromatic N) is 3. The van der Waals surface area contributed by atoms with Crippen molar-refractivity contribution in [1.82, 2.24) is 20.2 Å². The molecule has 1 amide bonds. The Balaban J connectivity index is 1.50. The van der Waals surface area contributed by atoms with Crippen molar-refractivity contribution in [3.05, 3.63) is 77.6 Å². The highest BCUT2D eigenvalue weighted by atomic mass is 16.5. The molecule has 0 unspecified atom stereocenters. The molecule has 9 heteroatoms. The van der Waals surface area contributed by atoms with Gasteiger partial charge in [-0.3, -0.25) is 4.79 Å². The zero-order valence-corrected chi connectivity index (χ0v) is 24.0. The van der Waals surface area contributed by atoms with Crippen molar-refractivity contribution < 1.29 is 19.0 Å². The number of ether oxygens (including phenoxy) is 3. The number of carbonyl (C=O) groups is 1. The average Bonchev–Trinajstić information content (AvgIpc) is 3.39. The number of hydrogen-bond donors (Lipinski definition) is 2. The first-order valence-corrected chi connectivity index (χ1v) is 13.3. The molecule has 9 nitrogen and oxygen atoms in total. The van der Waals surface area contributed by atoms with E-state index in [-0.39, 0.29) is 11.6 Å². The lowest BCUT2D eigenvalue weighted by molar-refractivity contribution is -0.117. The molecular formula is C32H35N5O4. The van der Waals surface area contributed by atoms with E-state index in [9.17, 15) is 10.1 Å². The van der Waals surface area contributed by atoms with Gasteiger partial charge in [0.2, 0.25) is 0 Å². The van der Waals surface area contributed by atoms with Crippen LogP contribution in [0.4, 0.5) is 0 Å². The van der Waals surface area contributed by atoms with Crippen LogP contribution in [0, 0.1) is 11.3 Å². The Morgan fingerprint density at radius 2 is 1.85 bits per heavy atom. The van der Waals surface area contributed by atoms with Crippen molar-refractivity contribution in [2.45, 2.75) is 19.4 Å². The topological polar surface area (TPSA) is 112 Å². The van der Waals surface area contributed by atoms with Crippen molar-refractivity contribution >= 4 is 23.0 Å². The van der Waals surface area contributed by atoms with Gasteiger partial charge in [0.1, 0.15) is 23.0 Å². The van der Waals surface area contributed by atoms with E-state index in [0.717, 1.165) is 40.8 Å². The number of carbonyl (C=O) groups excluding carboxylic acids is 1. The molecule has 4 aromatic rings. The number of methoxy groups -OCH3 is 2. The van der Waals surface area contributed by atoms with E-state index in [2.05, 4.69) is 20.2 Å². The summed E-state index contributed by atoms with van der Waals surface area (Å²) in [5.41, 5.74) is 4.06. The van der Waals surface area contributed by atoms with Crippen LogP contribution in [-0.2, 0) is 4.79 Å². The van der Waals surface area contributed by atoms with Crippen LogP contribution in [0.2, 0.25) is 0 Å². The summed E-state index contributed by atoms with van der Waals surface area (Å²) in [7, 11) is 7.21. The van der Waals surface area contributed by atoms with E-state index in [1.54, 1.807) is 44.8 Å². The maximum Gasteiger partial charge on any atom is 0.262 e. The third kappa shape index (κ3) is 7.24. The highest BCUT2D eigenvalue weighted by molar-refractivity contribution is 6.04. The van der Waals surface area contributed by atoms with Gasteiger partial charge in [-0.25, -0.2) is 4.98 Å². The highest BCUT2D eigenvalue weighted by Crippen LogP contribution is 2.30. The summed E-state index contributed by atoms with van der Waals surface area (Å²) in [5, 5.41) is 13.5. The Kier molecular flexibility index (Phi) is 9.61. The molecule has 212 valence electrons. The molecular weight excluding hydrogens is 518 g/mol. The monoisotopic (exact) mass is 553 g/mol. The molecule has 0 aliphatic carbocycles. The van der Waals surface area contributed by atoms with Crippen molar-refractivity contribution in [1.29, 1.82) is 5.26 Å². The summed E-state index contributed by atoms with van der Waals surface area (Å²) in [6.45, 7) is 3.48. The smallest absolute Gasteiger partial charge is 0.262 e. The summed E-state index contributed by atoms with van der Waals surface area (Å²) in [6, 6.07) is 17.0. The zero-order valence-electron chi connectivity index (χ0n) is 24.0. The van der Waals surface area contributed by atoms with Gasteiger partial charge in [-0.1, -0.05) is 18.2 Å². The lowest BCUT2D eigenvalue weighted by Crippen LogP contribution is -2.27. The third-order valence-corrected chi connectivity index (χ3v) is 6.69. The molecule has 0 aliphatic heterocycles. The van der Waals surface area contributed by atoms with Crippen LogP contribution in [0.1, 0.15) is 30.5 Å². The Hall–Kier alpha value is -4.81. The first kappa shape index (κ1) is 29.2. The van der Waals surface area contributed by atoms with Crippen LogP contribution in [0.5, 0.6) is 17.2 Å². The zero-order chi connectivity index (χ0) is 29.4. The lowest BCUT2D eigenvalue weighted by Gasteiger charge is -2.16. The Morgan fingerprint density at radius 3 is 2.54 bits per heavy atom. The number of H-pyrrole nitrogens is 1. The second-order valence-electron chi connectivity index (χ2n) is 9.87. The Bertz CT molecular complexity index is 1570. The molecule has 2 aromatic carbocycles. The second-order valence-corrected chi connectivity index (χ2v) is 9.87. The van der Waals surface area contributed by atoms with Crippen LogP contribution in [0.15, 0.2) is 66.5 Å². The molecule has 2 N–H and O–H groups in total. The summed E-state index contributed by atoms with van der Waals surface area (Å²) in [6.07, 6.45) is 6.07. The molecule has 0 radical (unpaired) electrons. The molecule has 0 saturated carbocycles. The van der Waals surface area contributed by atoms with Gasteiger partial charge in [0.15, 0.2) is 11.5 Å². The van der Waals surface area contributed by atoms with Crippen molar-refractivity contribution in [3.63, 3.8) is 0 Å². The van der Waals surface area contributed by atoms with Gasteiger partial charge in [0.25, 0.3) is 5.91 Å². The number of rotatable bonds is 12. The molecule has 4 rings (SSSR count). The van der Waals surface area contributed by atoms with Crippen LogP contribution in [-0.4, -0.2) is 62.2 Å². The van der Waals surface area contributed by atoms with E-state index in [0.29, 0.717) is 29.3 Å². The minimum absolute atomic E-state index is 0.0144. The molecule has 0 saturated heterocycles. The number of amides is 1. The number of aromatic nitrogens is 2. The molecule has 41 heavy (non-hydrogen) atoms. The summed E-state index contributed by atoms with van der Waals surface area (Å²) < 4.78 is 16.5. The van der Waals surface area contributed by atoms with Gasteiger partial charge < -0.3 is 29.4 Å². The molecule has 0 spiro atoms. The van der Waals surface area contributed by atoms with Gasteiger partial charge in [0, 0.05) is 35.5 Å². The number of pyridine rings is 1. The standard InChI is InChI=1S/C32H35N5O4/c1-21(23-9-12-29(39-4)30(17-23)40-5)36-32(38)24(18-33)15-26-20-35-31-28(26)16-25(19-34-31)22-7-10-27(11-8-22)41-14-6-13-37(2)3/h7-12,15-17,19-21H,6,13-14H2,1-5H3,(H,34,35)(H,36,38)/b24-15+/t21-/m1/s1. The fraction of sp³-hybridized carbons (Fsp3) is 0.281. The first-order valence-electron chi connectivity index (χ1n) is 13.3. The highest BCUT2D eigenvalue weighted by Gasteiger charge is 2.17. The average molecular weight is 554 g/mol. The van der Waals surface area contributed by atoms with Crippen molar-refractivity contribution in [3.8, 4) is 34.4 Å². The largest absolute Gasteiger partial charge is 0.494 e. The minimum atomic E-state index is -0.477. The van der Waals surface area contributed by atoms with E-state index < -0.39 is 5.91 Å². The quantitative estimate of drug-likeness (QED) is 0.138. The first-order chi connectivity index (χ1) is 19.8. The summed E-state index contributed by atoms with van der Waals surface area (Å²) in [5.74, 6) is 1.50. The third-order valence-electron chi connectivity index (χ3n) is 6.69. The number of fused-ring (bicyclic) bond motifs is 1. The van der Waals surface area contributed by atoms with Crippen molar-refractivity contribution in [2.75, 3.05) is 41.5 Å². The second kappa shape index (κ2) is 13.5. The lowest BCUT2D eigenvalue weighted by atomic mass is 10.0. The van der Waals surface area contributed by atoms with Gasteiger partial charge in [-0.2, -0.15) is 5.26 Å². The normalized spacial score (nSPS) is 12.2. The number of nitriles is 1. The molecule has 0 fully saturated rings. The molecule has 1 atom stereocenters. The van der Waals surface area contributed by atoms with Crippen molar-refractivity contribution in [2.24, 2.45) is 0 Å². The summed E-state index contributed by atoms with van der Waals surface area (Å²) >= 11 is 0. The van der Waals surface area contributed by atoms with Crippen LogP contribution < -0.4 is 19.5 Å². The van der Waals surface area contributed by atoms with Crippen LogP contribution >= 0.6 is 0 Å². The Morgan fingerprint density at radius 1 is 1.10 bits per heavy atom. The number of hydrogen-bond acceptors (Lipinski definition) is 7. The summed E-state index contributed by atoms with van der Waals surface area (Å²) in [4.78, 5) is 22.9. The Labute approximate surface area is 240 Å². The number of nitrogens with one attached hydrogen (secondary N) is 2. The SMILES string of the molecule is COc1ccc([C@@H](C)NC(=O)/C(C#N)=C/c2c[nH]c3ncc(-c4ccc(OCCCN(C)C)cc4)cc23)cc1OC. The van der Waals surface area contributed by atoms with Gasteiger partial charge in [-0.05, 0) is 75.0 Å². The van der Waals surface area contributed by atoms with Crippen LogP contribution in [0.25, 0.3) is 28.2 Å². The molecule has 0 bridgehead atoms. The fourth-order valence-electron chi connectivity index (χ4n) is 4.40. The maximum absolute atomic E-state index is 13.0. The predicted octanol–water partition coefficient (Wildman–Crippen LogP) is 5.36. The van der Waals surface area contributed by atoms with E-state index in [4.69, 9.17) is 14.2 Å². The minimum Gasteiger partial charge on any atom is -0.494 e. The van der Waals surface area contributed by atoms with E-state index in [1.165, 1.54) is 0 Å². The predicted molar refractivity (Wildman–Crippen MR) is 160 cm³/mol. The van der Waals surface area contributed by atoms with Crippen LogP contribution in [0.3, 0.4) is 0 Å². The molecule has 2 aromatic heterocycles. The van der Waals surface area contributed by atoms with E-state index in [1.807, 2.05) is 63.5 Å². The fourth-order valence-corrected chi connectivity index (χ4v) is 4.40. The molecule has 2 heterocycles. The van der Waals surface area contributed by atoms with Gasteiger partial charge >= 0.3 is 0 Å². The van der Waals surface area contributed by atoms with Gasteiger partial charge in [0.05, 0.1) is 26.9 Å². The van der Waals surface area contributed by atoms with Gasteiger partial charge in [-0.15, -0.1) is 0 Å². The number of aromatic amines is 1.